The molecule has 0 fully saturated rings. The molecule has 0 aliphatic carbocycles. The fourth-order valence-electron chi connectivity index (χ4n) is 2.71. The minimum Gasteiger partial charge on any atom is -0.457 e. The summed E-state index contributed by atoms with van der Waals surface area (Å²) >= 11 is 14.4. The van der Waals surface area contributed by atoms with Gasteiger partial charge in [0.05, 0.1) is 20.5 Å². The zero-order valence-electron chi connectivity index (χ0n) is 14.8. The fourth-order valence-corrected chi connectivity index (χ4v) is 3.67. The van der Waals surface area contributed by atoms with Gasteiger partial charge in [0.1, 0.15) is 11.5 Å². The van der Waals surface area contributed by atoms with E-state index in [1.54, 1.807) is 24.3 Å². The molecule has 0 bridgehead atoms. The summed E-state index contributed by atoms with van der Waals surface area (Å²) < 4.78 is 11.9. The molecule has 7 nitrogen and oxygen atoms in total. The number of halogens is 3. The van der Waals surface area contributed by atoms with Crippen molar-refractivity contribution in [2.24, 2.45) is 4.99 Å². The van der Waals surface area contributed by atoms with Gasteiger partial charge in [0.25, 0.3) is 5.69 Å². The summed E-state index contributed by atoms with van der Waals surface area (Å²) in [5, 5.41) is 11.4. The number of non-ortho nitro benzene ring substituents is 1. The first kappa shape index (κ1) is 20.6. The molecule has 0 amide bonds. The lowest BCUT2D eigenvalue weighted by Gasteiger charge is -2.02. The SMILES string of the molecule is O=C1OC(c2cc(I)ccc2Cl)=N/C1=C\c1ccc(-c2ccc([N+](=O)[O-])cc2Cl)o1. The van der Waals surface area contributed by atoms with Crippen LogP contribution < -0.4 is 0 Å². The van der Waals surface area contributed by atoms with Gasteiger partial charge in [-0.25, -0.2) is 9.79 Å². The van der Waals surface area contributed by atoms with Crippen molar-refractivity contribution >= 4 is 69.4 Å². The van der Waals surface area contributed by atoms with Gasteiger partial charge in [0.15, 0.2) is 5.70 Å². The topological polar surface area (TPSA) is 94.9 Å². The Labute approximate surface area is 193 Å². The number of carbonyl (C=O) groups is 1. The first-order valence-corrected chi connectivity index (χ1v) is 10.2. The molecule has 1 aliphatic heterocycles. The van der Waals surface area contributed by atoms with E-state index in [0.717, 1.165) is 3.57 Å². The summed E-state index contributed by atoms with van der Waals surface area (Å²) in [5.74, 6) is 0.203. The Morgan fingerprint density at radius 3 is 2.57 bits per heavy atom. The lowest BCUT2D eigenvalue weighted by molar-refractivity contribution is -0.384. The first-order chi connectivity index (χ1) is 14.3. The van der Waals surface area contributed by atoms with Crippen LogP contribution in [0.3, 0.4) is 0 Å². The fraction of sp³-hybridized carbons (Fsp3) is 0. The van der Waals surface area contributed by atoms with Gasteiger partial charge in [-0.1, -0.05) is 23.2 Å². The molecule has 150 valence electrons. The highest BCUT2D eigenvalue weighted by Crippen LogP contribution is 2.33. The highest BCUT2D eigenvalue weighted by molar-refractivity contribution is 14.1. The first-order valence-electron chi connectivity index (χ1n) is 8.34. The Balaban J connectivity index is 1.64. The van der Waals surface area contributed by atoms with Crippen molar-refractivity contribution < 1.29 is 18.9 Å². The van der Waals surface area contributed by atoms with Crippen molar-refractivity contribution in [3.8, 4) is 11.3 Å². The van der Waals surface area contributed by atoms with Gasteiger partial charge in [0, 0.05) is 27.3 Å². The second-order valence-corrected chi connectivity index (χ2v) is 8.14. The highest BCUT2D eigenvalue weighted by Gasteiger charge is 2.26. The average molecular weight is 555 g/mol. The van der Waals surface area contributed by atoms with Crippen molar-refractivity contribution in [2.45, 2.75) is 0 Å². The van der Waals surface area contributed by atoms with Crippen molar-refractivity contribution in [2.75, 3.05) is 0 Å². The summed E-state index contributed by atoms with van der Waals surface area (Å²) in [5.41, 5.74) is 0.923. The largest absolute Gasteiger partial charge is 0.457 e. The standard InChI is InChI=1S/C20H9Cl2IN2O5/c21-15-5-1-10(23)7-14(15)19-24-17(20(26)30-19)9-12-3-6-18(29-12)13-4-2-11(25(27)28)8-16(13)22/h1-9H/b17-9-. The summed E-state index contributed by atoms with van der Waals surface area (Å²) in [6.07, 6.45) is 1.43. The molecule has 0 N–H and O–H groups in total. The summed E-state index contributed by atoms with van der Waals surface area (Å²) in [6.45, 7) is 0. The molecule has 0 saturated carbocycles. The predicted octanol–water partition coefficient (Wildman–Crippen LogP) is 6.11. The number of nitro benzene ring substituents is 1. The maximum absolute atomic E-state index is 12.2. The van der Waals surface area contributed by atoms with E-state index in [1.807, 2.05) is 6.07 Å². The monoisotopic (exact) mass is 554 g/mol. The Bertz CT molecular complexity index is 1270. The number of hydrogen-bond acceptors (Lipinski definition) is 6. The van der Waals surface area contributed by atoms with Gasteiger partial charge in [-0.05, 0) is 59.0 Å². The van der Waals surface area contributed by atoms with Gasteiger partial charge in [0.2, 0.25) is 5.90 Å². The van der Waals surface area contributed by atoms with Gasteiger partial charge in [-0.15, -0.1) is 0 Å². The van der Waals surface area contributed by atoms with E-state index in [9.17, 15) is 14.9 Å². The van der Waals surface area contributed by atoms with Crippen molar-refractivity contribution in [3.05, 3.63) is 89.3 Å². The molecular formula is C20H9Cl2IN2O5. The van der Waals surface area contributed by atoms with Crippen LogP contribution in [0, 0.1) is 13.7 Å². The molecular weight excluding hydrogens is 546 g/mol. The van der Waals surface area contributed by atoms with E-state index in [4.69, 9.17) is 32.4 Å². The number of cyclic esters (lactones) is 1. The summed E-state index contributed by atoms with van der Waals surface area (Å²) in [7, 11) is 0. The molecule has 30 heavy (non-hydrogen) atoms. The quantitative estimate of drug-likeness (QED) is 0.127. The van der Waals surface area contributed by atoms with Crippen LogP contribution in [0.5, 0.6) is 0 Å². The number of esters is 1. The van der Waals surface area contributed by atoms with Gasteiger partial charge in [-0.2, -0.15) is 0 Å². The van der Waals surface area contributed by atoms with E-state index in [1.165, 1.54) is 24.3 Å². The normalized spacial score (nSPS) is 14.7. The maximum atomic E-state index is 12.2. The molecule has 0 saturated heterocycles. The third-order valence-corrected chi connectivity index (χ3v) is 5.43. The minimum absolute atomic E-state index is 0.0515. The smallest absolute Gasteiger partial charge is 0.363 e. The van der Waals surface area contributed by atoms with Crippen LogP contribution in [-0.2, 0) is 9.53 Å². The molecule has 4 rings (SSSR count). The van der Waals surface area contributed by atoms with Crippen LogP contribution >= 0.6 is 45.8 Å². The van der Waals surface area contributed by atoms with Crippen molar-refractivity contribution in [1.82, 2.24) is 0 Å². The molecule has 1 aliphatic rings. The van der Waals surface area contributed by atoms with Gasteiger partial charge >= 0.3 is 5.97 Å². The zero-order chi connectivity index (χ0) is 21.4. The van der Waals surface area contributed by atoms with Crippen LogP contribution in [0.15, 0.2) is 63.6 Å². The maximum Gasteiger partial charge on any atom is 0.363 e. The molecule has 0 atom stereocenters. The second-order valence-electron chi connectivity index (χ2n) is 6.08. The van der Waals surface area contributed by atoms with Crippen molar-refractivity contribution in [1.29, 1.82) is 0 Å². The number of furan rings is 1. The third-order valence-electron chi connectivity index (χ3n) is 4.11. The highest BCUT2D eigenvalue weighted by atomic mass is 127. The van der Waals surface area contributed by atoms with Crippen LogP contribution in [0.2, 0.25) is 10.0 Å². The molecule has 0 spiro atoms. The molecule has 1 aromatic heterocycles. The molecule has 0 unspecified atom stereocenters. The molecule has 2 aromatic carbocycles. The van der Waals surface area contributed by atoms with Crippen LogP contribution in [0.4, 0.5) is 5.69 Å². The molecule has 0 radical (unpaired) electrons. The van der Waals surface area contributed by atoms with Crippen LogP contribution in [0.25, 0.3) is 17.4 Å². The van der Waals surface area contributed by atoms with E-state index in [0.29, 0.717) is 27.7 Å². The van der Waals surface area contributed by atoms with Crippen molar-refractivity contribution in [3.63, 3.8) is 0 Å². The average Bonchev–Trinajstić information content (AvgIpc) is 3.31. The molecule has 2 heterocycles. The summed E-state index contributed by atoms with van der Waals surface area (Å²) in [6, 6.07) is 12.6. The van der Waals surface area contributed by atoms with E-state index in [2.05, 4.69) is 27.6 Å². The summed E-state index contributed by atoms with van der Waals surface area (Å²) in [4.78, 5) is 26.8. The number of hydrogen-bond donors (Lipinski definition) is 0. The Morgan fingerprint density at radius 1 is 1.03 bits per heavy atom. The van der Waals surface area contributed by atoms with E-state index < -0.39 is 10.9 Å². The van der Waals surface area contributed by atoms with Gasteiger partial charge < -0.3 is 9.15 Å². The predicted molar refractivity (Wildman–Crippen MR) is 121 cm³/mol. The van der Waals surface area contributed by atoms with Crippen LogP contribution in [-0.4, -0.2) is 16.8 Å². The zero-order valence-corrected chi connectivity index (χ0v) is 18.4. The number of nitro groups is 1. The van der Waals surface area contributed by atoms with Gasteiger partial charge in [-0.3, -0.25) is 10.1 Å². The second kappa shape index (κ2) is 8.21. The molecule has 3 aromatic rings. The van der Waals surface area contributed by atoms with Crippen LogP contribution in [0.1, 0.15) is 11.3 Å². The van der Waals surface area contributed by atoms with E-state index in [-0.39, 0.29) is 22.3 Å². The number of carbonyl (C=O) groups excluding carboxylic acids is 1. The number of benzene rings is 2. The lowest BCUT2D eigenvalue weighted by atomic mass is 10.1. The lowest BCUT2D eigenvalue weighted by Crippen LogP contribution is -2.06. The number of ether oxygens (including phenoxy) is 1. The third kappa shape index (κ3) is 4.11. The number of aliphatic imine (C=N–C) groups is 1. The Morgan fingerprint density at radius 2 is 1.83 bits per heavy atom. The minimum atomic E-state index is -0.633. The van der Waals surface area contributed by atoms with E-state index >= 15 is 0 Å². The Kier molecular flexibility index (Phi) is 5.63. The number of rotatable bonds is 4. The number of nitrogens with zero attached hydrogens (tertiary/aromatic N) is 2. The molecule has 10 heteroatoms. The Hall–Kier alpha value is -2.69.